The Labute approximate surface area is 127 Å². The average Bonchev–Trinajstić information content (AvgIpc) is 2.58. The van der Waals surface area contributed by atoms with Crippen LogP contribution >= 0.6 is 0 Å². The van der Waals surface area contributed by atoms with Crippen LogP contribution in [0.3, 0.4) is 0 Å². The minimum atomic E-state index is -1.55. The Hall–Kier alpha value is -2.82. The van der Waals surface area contributed by atoms with Crippen LogP contribution in [0.5, 0.6) is 0 Å². The number of carbonyl (C=O) groups is 1. The van der Waals surface area contributed by atoms with E-state index >= 15 is 0 Å². The zero-order valence-electron chi connectivity index (χ0n) is 11.7. The number of benzene rings is 2. The maximum Gasteiger partial charge on any atom is 0.336 e. The number of nitrogens with zero attached hydrogens (tertiary/aromatic N) is 3. The number of hydrogen-bond donors (Lipinski definition) is 1. The molecule has 0 unspecified atom stereocenters. The molecule has 0 spiro atoms. The van der Waals surface area contributed by atoms with Crippen LogP contribution in [0.2, 0.25) is 0 Å². The molecule has 0 saturated carbocycles. The second-order valence-corrected chi connectivity index (χ2v) is 4.60. The van der Waals surface area contributed by atoms with Gasteiger partial charge in [-0.15, -0.1) is 0 Å². The summed E-state index contributed by atoms with van der Waals surface area (Å²) in [5, 5.41) is 13.6. The van der Waals surface area contributed by atoms with Gasteiger partial charge in [0.1, 0.15) is 6.61 Å². The Morgan fingerprint density at radius 3 is 2.36 bits per heavy atom. The minimum Gasteiger partial charge on any atom is -0.459 e. The fourth-order valence-electron chi connectivity index (χ4n) is 1.96. The van der Waals surface area contributed by atoms with E-state index in [9.17, 15) is 9.90 Å². The lowest BCUT2D eigenvalue weighted by atomic mass is 10.2. The molecule has 2 aromatic rings. The lowest BCUT2D eigenvalue weighted by molar-refractivity contribution is -0.156. The number of rotatable bonds is 6. The number of carbonyl (C=O) groups excluding carboxylic acids is 1. The summed E-state index contributed by atoms with van der Waals surface area (Å²) < 4.78 is 5.07. The first-order valence-corrected chi connectivity index (χ1v) is 6.70. The van der Waals surface area contributed by atoms with Crippen LogP contribution in [0.1, 0.15) is 17.2 Å². The van der Waals surface area contributed by atoms with Crippen molar-refractivity contribution in [3.8, 4) is 0 Å². The van der Waals surface area contributed by atoms with Crippen LogP contribution in [0.4, 0.5) is 0 Å². The third-order valence-electron chi connectivity index (χ3n) is 3.08. The van der Waals surface area contributed by atoms with Gasteiger partial charge in [-0.3, -0.25) is 0 Å². The molecule has 0 aliphatic rings. The van der Waals surface area contributed by atoms with Crippen molar-refractivity contribution in [3.05, 3.63) is 82.2 Å². The van der Waals surface area contributed by atoms with Crippen molar-refractivity contribution in [1.82, 2.24) is 0 Å². The SMILES string of the molecule is [N-]=[N+]=N[C@@H](c1ccccc1)[14C@@H](O)[14C](=O)OCc1ccccc1. The number of esters is 1. The maximum absolute atomic E-state index is 12.0. The number of ether oxygens (including phenoxy) is 1. The summed E-state index contributed by atoms with van der Waals surface area (Å²) in [7, 11) is 0. The van der Waals surface area contributed by atoms with E-state index in [0.717, 1.165) is 5.56 Å². The largest absolute Gasteiger partial charge is 0.459 e. The van der Waals surface area contributed by atoms with Gasteiger partial charge in [-0.2, -0.15) is 0 Å². The normalized spacial score (nSPS) is 12.8. The van der Waals surface area contributed by atoms with Gasteiger partial charge in [-0.1, -0.05) is 65.8 Å². The van der Waals surface area contributed by atoms with E-state index in [4.69, 9.17) is 10.3 Å². The first-order chi connectivity index (χ1) is 10.7. The molecule has 2 rings (SSSR count). The highest BCUT2D eigenvalue weighted by Crippen LogP contribution is 2.22. The van der Waals surface area contributed by atoms with Crippen molar-refractivity contribution in [3.63, 3.8) is 0 Å². The molecule has 0 fully saturated rings. The van der Waals surface area contributed by atoms with Crippen molar-refractivity contribution in [2.75, 3.05) is 0 Å². The van der Waals surface area contributed by atoms with Gasteiger partial charge in [0.2, 0.25) is 0 Å². The average molecular weight is 301 g/mol. The van der Waals surface area contributed by atoms with E-state index in [-0.39, 0.29) is 6.61 Å². The highest BCUT2D eigenvalue weighted by Gasteiger charge is 2.28. The number of azide groups is 1. The molecule has 0 bridgehead atoms. The molecule has 0 aliphatic carbocycles. The smallest absolute Gasteiger partial charge is 0.336 e. The monoisotopic (exact) mass is 301 g/mol. The van der Waals surface area contributed by atoms with Crippen LogP contribution in [0.25, 0.3) is 10.4 Å². The number of hydrogen-bond acceptors (Lipinski definition) is 4. The molecule has 6 nitrogen and oxygen atoms in total. The Bertz CT molecular complexity index is 655. The quantitative estimate of drug-likeness (QED) is 0.384. The molecule has 0 aromatic heterocycles. The molecule has 0 radical (unpaired) electrons. The molecule has 0 aliphatic heterocycles. The van der Waals surface area contributed by atoms with Crippen molar-refractivity contribution in [2.45, 2.75) is 18.8 Å². The lowest BCUT2D eigenvalue weighted by Crippen LogP contribution is -2.28. The third kappa shape index (κ3) is 4.09. The molecular formula is C16H15N3O3. The number of aliphatic hydroxyl groups excluding tert-OH is 1. The van der Waals surface area contributed by atoms with Crippen molar-refractivity contribution < 1.29 is 14.6 Å². The van der Waals surface area contributed by atoms with E-state index in [1.54, 1.807) is 30.3 Å². The molecule has 0 amide bonds. The topological polar surface area (TPSA) is 95.3 Å². The standard InChI is InChI=1S/C16H15N3O3/c17-19-18-14(13-9-5-2-6-10-13)15(20)16(21)22-11-12-7-3-1-4-8-12/h1-10,14-15,20H,11H2/t14-,15+/m0/s1/i15+2,16+2. The van der Waals surface area contributed by atoms with E-state index in [1.165, 1.54) is 0 Å². The van der Waals surface area contributed by atoms with Crippen molar-refractivity contribution in [2.24, 2.45) is 5.11 Å². The van der Waals surface area contributed by atoms with Gasteiger partial charge in [0.05, 0.1) is 6.04 Å². The summed E-state index contributed by atoms with van der Waals surface area (Å²) in [6.45, 7) is 0.0501. The van der Waals surface area contributed by atoms with Crippen molar-refractivity contribution in [1.29, 1.82) is 0 Å². The molecule has 0 heterocycles. The molecule has 2 aromatic carbocycles. The molecular weight excluding hydrogens is 286 g/mol. The first-order valence-electron chi connectivity index (χ1n) is 6.70. The lowest BCUT2D eigenvalue weighted by Gasteiger charge is -2.17. The summed E-state index contributed by atoms with van der Waals surface area (Å²) in [5.74, 6) is -0.829. The van der Waals surface area contributed by atoms with Gasteiger partial charge in [0, 0.05) is 4.91 Å². The van der Waals surface area contributed by atoms with E-state index in [0.29, 0.717) is 5.56 Å². The maximum atomic E-state index is 12.0. The first kappa shape index (κ1) is 15.6. The minimum absolute atomic E-state index is 0.0501. The molecule has 1 N–H and O–H groups in total. The Morgan fingerprint density at radius 2 is 1.77 bits per heavy atom. The van der Waals surface area contributed by atoms with Gasteiger partial charge in [0.15, 0.2) is 6.10 Å². The Kier molecular flexibility index (Phi) is 5.54. The predicted octanol–water partition coefficient (Wildman–Crippen LogP) is 3.14. The van der Waals surface area contributed by atoms with Crippen LogP contribution < -0.4 is 0 Å². The second-order valence-electron chi connectivity index (χ2n) is 4.60. The molecule has 22 heavy (non-hydrogen) atoms. The number of aliphatic hydroxyl groups is 1. The second kappa shape index (κ2) is 7.83. The fourth-order valence-corrected chi connectivity index (χ4v) is 1.96. The molecule has 0 saturated heterocycles. The summed E-state index contributed by atoms with van der Waals surface area (Å²) >= 11 is 0. The highest BCUT2D eigenvalue weighted by molar-refractivity contribution is 5.75. The van der Waals surface area contributed by atoms with Crippen LogP contribution in [0.15, 0.2) is 65.8 Å². The van der Waals surface area contributed by atoms with Crippen LogP contribution in [-0.4, -0.2) is 17.2 Å². The fraction of sp³-hybridized carbons (Fsp3) is 0.188. The molecule has 112 valence electrons. The Balaban J connectivity index is 2.05. The zero-order chi connectivity index (χ0) is 15.8. The van der Waals surface area contributed by atoms with Gasteiger partial charge in [-0.05, 0) is 16.7 Å². The molecule has 2 atom stereocenters. The van der Waals surface area contributed by atoms with E-state index in [1.807, 2.05) is 30.3 Å². The van der Waals surface area contributed by atoms with Gasteiger partial charge in [-0.25, -0.2) is 4.79 Å². The zero-order valence-corrected chi connectivity index (χ0v) is 11.7. The van der Waals surface area contributed by atoms with E-state index < -0.39 is 18.1 Å². The van der Waals surface area contributed by atoms with Gasteiger partial charge in [0.25, 0.3) is 0 Å². The van der Waals surface area contributed by atoms with Gasteiger partial charge >= 0.3 is 5.97 Å². The third-order valence-corrected chi connectivity index (χ3v) is 3.08. The molecule has 6 heteroatoms. The van der Waals surface area contributed by atoms with Crippen LogP contribution in [0, 0.1) is 0 Å². The summed E-state index contributed by atoms with van der Waals surface area (Å²) in [6.07, 6.45) is -1.55. The predicted molar refractivity (Wildman–Crippen MR) is 80.6 cm³/mol. The van der Waals surface area contributed by atoms with E-state index in [2.05, 4.69) is 10.0 Å². The Morgan fingerprint density at radius 1 is 1.18 bits per heavy atom. The van der Waals surface area contributed by atoms with Gasteiger partial charge < -0.3 is 9.84 Å². The summed E-state index contributed by atoms with van der Waals surface area (Å²) in [5.41, 5.74) is 9.99. The van der Waals surface area contributed by atoms with Crippen LogP contribution in [-0.2, 0) is 16.1 Å². The summed E-state index contributed by atoms with van der Waals surface area (Å²) in [4.78, 5) is 14.6. The van der Waals surface area contributed by atoms with Crippen molar-refractivity contribution >= 4 is 5.97 Å². The highest BCUT2D eigenvalue weighted by atomic mass is 16.9. The summed E-state index contributed by atoms with van der Waals surface area (Å²) in [6, 6.07) is 16.7.